The monoisotopic (exact) mass is 724 g/mol. The molecule has 14 heteroatoms. The van der Waals surface area contributed by atoms with E-state index in [-0.39, 0.29) is 47.0 Å². The van der Waals surface area contributed by atoms with Gasteiger partial charge >= 0.3 is 0 Å². The minimum atomic E-state index is -0.505. The first-order valence-electron chi connectivity index (χ1n) is 16.2. The number of benzene rings is 2. The summed E-state index contributed by atoms with van der Waals surface area (Å²) in [6.45, 7) is 1.40. The van der Waals surface area contributed by atoms with Gasteiger partial charge in [0.15, 0.2) is 0 Å². The molecule has 0 unspecified atom stereocenters. The second kappa shape index (κ2) is 15.7. The third kappa shape index (κ3) is 7.68. The van der Waals surface area contributed by atoms with Crippen molar-refractivity contribution in [2.75, 3.05) is 27.3 Å². The summed E-state index contributed by atoms with van der Waals surface area (Å²) in [6.07, 6.45) is 5.52. The lowest BCUT2D eigenvalue weighted by Crippen LogP contribution is -2.35. The van der Waals surface area contributed by atoms with Gasteiger partial charge in [-0.15, -0.1) is 0 Å². The molecule has 6 rings (SSSR count). The second-order valence-electron chi connectivity index (χ2n) is 12.2. The average molecular weight is 726 g/mol. The summed E-state index contributed by atoms with van der Waals surface area (Å²) in [4.78, 5) is 31.9. The molecule has 2 aromatic carbocycles. The van der Waals surface area contributed by atoms with Crippen LogP contribution < -0.4 is 30.7 Å². The van der Waals surface area contributed by atoms with Gasteiger partial charge in [-0.3, -0.25) is 19.6 Å². The van der Waals surface area contributed by atoms with E-state index in [4.69, 9.17) is 32.7 Å². The molecular weight excluding hydrogens is 689 g/mol. The quantitative estimate of drug-likeness (QED) is 0.136. The van der Waals surface area contributed by atoms with Gasteiger partial charge in [-0.2, -0.15) is 0 Å². The fourth-order valence-electron chi connectivity index (χ4n) is 6.31. The topological polar surface area (TPSA) is 127 Å². The first-order valence-corrected chi connectivity index (χ1v) is 17.0. The maximum atomic E-state index is 15.5. The van der Waals surface area contributed by atoms with Crippen LogP contribution in [-0.4, -0.2) is 61.2 Å². The van der Waals surface area contributed by atoms with Crippen LogP contribution in [0.15, 0.2) is 48.8 Å². The number of carbonyl (C=O) groups excluding carboxylic acids is 2. The summed E-state index contributed by atoms with van der Waals surface area (Å²) in [7, 11) is 2.92. The zero-order chi connectivity index (χ0) is 35.4. The van der Waals surface area contributed by atoms with Gasteiger partial charge in [0.05, 0.1) is 35.7 Å². The highest BCUT2D eigenvalue weighted by Gasteiger charge is 2.24. The van der Waals surface area contributed by atoms with E-state index in [0.29, 0.717) is 82.2 Å². The van der Waals surface area contributed by atoms with Crippen molar-refractivity contribution < 1.29 is 27.8 Å². The van der Waals surface area contributed by atoms with Crippen molar-refractivity contribution in [1.29, 1.82) is 0 Å². The third-order valence-corrected chi connectivity index (χ3v) is 9.68. The first-order chi connectivity index (χ1) is 24.2. The van der Waals surface area contributed by atoms with Crippen LogP contribution in [0.4, 0.5) is 8.78 Å². The van der Waals surface area contributed by atoms with Crippen LogP contribution in [-0.2, 0) is 22.7 Å². The molecule has 0 bridgehead atoms. The number of rotatable bonds is 13. The van der Waals surface area contributed by atoms with Gasteiger partial charge < -0.3 is 30.7 Å². The molecule has 2 aromatic heterocycles. The number of hydrogen-bond donors (Lipinski definition) is 4. The number of nitrogens with one attached hydrogen (secondary N) is 4. The molecule has 4 aromatic rings. The molecule has 0 aliphatic carbocycles. The predicted molar refractivity (Wildman–Crippen MR) is 187 cm³/mol. The van der Waals surface area contributed by atoms with Gasteiger partial charge in [-0.1, -0.05) is 23.2 Å². The van der Waals surface area contributed by atoms with E-state index in [1.165, 1.54) is 26.4 Å². The number of carbonyl (C=O) groups is 2. The molecular formula is C36H36Cl2F2N6O4. The third-order valence-electron chi connectivity index (χ3n) is 8.92. The Morgan fingerprint density at radius 2 is 1.16 bits per heavy atom. The smallest absolute Gasteiger partial charge is 0.220 e. The van der Waals surface area contributed by atoms with Crippen molar-refractivity contribution in [3.8, 4) is 45.1 Å². The van der Waals surface area contributed by atoms with E-state index < -0.39 is 11.6 Å². The minimum Gasteiger partial charge on any atom is -0.496 e. The van der Waals surface area contributed by atoms with Gasteiger partial charge in [0.25, 0.3) is 0 Å². The average Bonchev–Trinajstić information content (AvgIpc) is 3.72. The molecule has 0 spiro atoms. The van der Waals surface area contributed by atoms with Crippen LogP contribution >= 0.6 is 23.2 Å². The summed E-state index contributed by atoms with van der Waals surface area (Å²) >= 11 is 13.9. The van der Waals surface area contributed by atoms with Crippen LogP contribution in [0.25, 0.3) is 33.6 Å². The van der Waals surface area contributed by atoms with Gasteiger partial charge in [-0.25, -0.2) is 8.78 Å². The zero-order valence-corrected chi connectivity index (χ0v) is 29.0. The van der Waals surface area contributed by atoms with Crippen molar-refractivity contribution in [1.82, 2.24) is 31.2 Å². The van der Waals surface area contributed by atoms with Crippen molar-refractivity contribution in [2.45, 2.75) is 50.9 Å². The summed E-state index contributed by atoms with van der Waals surface area (Å²) in [6, 6.07) is 9.43. The Balaban J connectivity index is 1.24. The molecule has 262 valence electrons. The summed E-state index contributed by atoms with van der Waals surface area (Å²) in [5.41, 5.74) is 3.12. The standard InChI is InChI=1S/C36H36Cl2F2N6O4/c1-49-29-13-19(11-27(39)25(29)17-41-15-21-3-5-31(47)45-21)35-33(37)23(7-9-43-35)24-8-10-44-36(34(24)38)20-12-28(40)26(30(14-20)50-2)18-42-16-22-4-6-32(48)46-22/h7-14,21-22,41-42H,3-6,15-18H2,1-2H3,(H,45,47)(H,46,48)/t21-,22-/m0/s1. The predicted octanol–water partition coefficient (Wildman–Crippen LogP) is 5.82. The largest absolute Gasteiger partial charge is 0.496 e. The second-order valence-corrected chi connectivity index (χ2v) is 12.9. The normalized spacial score (nSPS) is 17.2. The molecule has 50 heavy (non-hydrogen) atoms. The molecule has 4 heterocycles. The Bertz CT molecular complexity index is 1790. The highest BCUT2D eigenvalue weighted by Crippen LogP contribution is 2.42. The van der Waals surface area contributed by atoms with Crippen LogP contribution in [0, 0.1) is 11.6 Å². The number of ether oxygens (including phenoxy) is 2. The van der Waals surface area contributed by atoms with E-state index in [1.54, 1.807) is 36.7 Å². The fraction of sp³-hybridized carbons (Fsp3) is 0.333. The van der Waals surface area contributed by atoms with Gasteiger partial charge in [0.1, 0.15) is 23.1 Å². The maximum absolute atomic E-state index is 15.5. The van der Waals surface area contributed by atoms with E-state index in [9.17, 15) is 9.59 Å². The first kappa shape index (κ1) is 35.5. The number of halogens is 4. The van der Waals surface area contributed by atoms with Crippen molar-refractivity contribution in [2.24, 2.45) is 0 Å². The Morgan fingerprint density at radius 1 is 0.740 bits per heavy atom. The van der Waals surface area contributed by atoms with Gasteiger partial charge in [-0.05, 0) is 49.2 Å². The van der Waals surface area contributed by atoms with Gasteiger partial charge in [0.2, 0.25) is 11.8 Å². The number of nitrogens with zero attached hydrogens (tertiary/aromatic N) is 2. The molecule has 0 radical (unpaired) electrons. The SMILES string of the molecule is COc1cc(-c2nccc(-c3ccnc(-c4cc(F)c(CNC[C@@H]5CCC(=O)N5)c(OC)c4)c3Cl)c2Cl)cc(F)c1CNC[C@@H]1CCC(=O)N1. The molecule has 2 saturated heterocycles. The molecule has 4 N–H and O–H groups in total. The fourth-order valence-corrected chi connectivity index (χ4v) is 6.96. The van der Waals surface area contributed by atoms with Crippen molar-refractivity contribution in [3.05, 3.63) is 81.6 Å². The van der Waals surface area contributed by atoms with Crippen molar-refractivity contribution in [3.63, 3.8) is 0 Å². The number of amides is 2. The number of pyridine rings is 2. The summed E-state index contributed by atoms with van der Waals surface area (Å²) < 4.78 is 42.1. The van der Waals surface area contributed by atoms with E-state index >= 15 is 8.78 Å². The highest BCUT2D eigenvalue weighted by molar-refractivity contribution is 6.39. The molecule has 2 aliphatic rings. The van der Waals surface area contributed by atoms with E-state index in [0.717, 1.165) is 12.8 Å². The van der Waals surface area contributed by atoms with Gasteiger partial charge in [0, 0.05) is 96.9 Å². The highest BCUT2D eigenvalue weighted by atomic mass is 35.5. The van der Waals surface area contributed by atoms with E-state index in [2.05, 4.69) is 31.2 Å². The number of hydrogen-bond acceptors (Lipinski definition) is 8. The Morgan fingerprint density at radius 3 is 1.52 bits per heavy atom. The lowest BCUT2D eigenvalue weighted by Gasteiger charge is -2.17. The lowest BCUT2D eigenvalue weighted by atomic mass is 9.99. The molecule has 2 fully saturated rings. The Hall–Kier alpha value is -4.36. The molecule has 2 aliphatic heterocycles. The summed E-state index contributed by atoms with van der Waals surface area (Å²) in [5.74, 6) is -0.349. The molecule has 10 nitrogen and oxygen atoms in total. The zero-order valence-electron chi connectivity index (χ0n) is 27.5. The van der Waals surface area contributed by atoms with Crippen molar-refractivity contribution >= 4 is 35.0 Å². The number of aromatic nitrogens is 2. The Kier molecular flexibility index (Phi) is 11.1. The summed E-state index contributed by atoms with van der Waals surface area (Å²) in [5, 5.41) is 12.6. The van der Waals surface area contributed by atoms with Crippen LogP contribution in [0.3, 0.4) is 0 Å². The lowest BCUT2D eigenvalue weighted by molar-refractivity contribution is -0.120. The number of methoxy groups -OCH3 is 2. The van der Waals surface area contributed by atoms with Crippen LogP contribution in [0.1, 0.15) is 36.8 Å². The Labute approximate surface area is 298 Å². The maximum Gasteiger partial charge on any atom is 0.220 e. The molecule has 2 amide bonds. The minimum absolute atomic E-state index is 0.00338. The van der Waals surface area contributed by atoms with E-state index in [1.807, 2.05) is 0 Å². The molecule has 0 saturated carbocycles. The van der Waals surface area contributed by atoms with Crippen LogP contribution in [0.2, 0.25) is 10.0 Å². The molecule has 2 atom stereocenters. The van der Waals surface area contributed by atoms with Crippen LogP contribution in [0.5, 0.6) is 11.5 Å².